The van der Waals surface area contributed by atoms with Crippen LogP contribution in [-0.4, -0.2) is 23.6 Å². The number of hydrogen-bond donors (Lipinski definition) is 1. The van der Waals surface area contributed by atoms with Crippen LogP contribution < -0.4 is 5.32 Å². The molecule has 0 heterocycles. The van der Waals surface area contributed by atoms with Gasteiger partial charge >= 0.3 is 0 Å². The molecule has 1 unspecified atom stereocenters. The molecule has 1 fully saturated rings. The molecule has 1 aliphatic carbocycles. The second kappa shape index (κ2) is 8.74. The number of benzene rings is 1. The maximum atomic E-state index is 13.8. The normalized spacial score (nSPS) is 17.3. The standard InChI is InChI=1S/C17H25F2NS/c1-2-9-20-15(12-21-16-5-3-4-6-16)11-13-10-14(18)7-8-17(13)19/h7-8,10,15-16,20H,2-6,9,11-12H2,1H3. The average molecular weight is 313 g/mol. The Morgan fingerprint density at radius 2 is 2.05 bits per heavy atom. The summed E-state index contributed by atoms with van der Waals surface area (Å²) in [5.74, 6) is 0.315. The monoisotopic (exact) mass is 313 g/mol. The highest BCUT2D eigenvalue weighted by molar-refractivity contribution is 7.99. The van der Waals surface area contributed by atoms with Gasteiger partial charge in [0.25, 0.3) is 0 Å². The number of nitrogens with one attached hydrogen (secondary N) is 1. The second-order valence-corrected chi connectivity index (χ2v) is 7.16. The fourth-order valence-electron chi connectivity index (χ4n) is 2.81. The third kappa shape index (κ3) is 5.59. The molecule has 2 rings (SSSR count). The van der Waals surface area contributed by atoms with Gasteiger partial charge in [-0.2, -0.15) is 11.8 Å². The number of halogens is 2. The van der Waals surface area contributed by atoms with Crippen molar-refractivity contribution in [3.05, 3.63) is 35.4 Å². The van der Waals surface area contributed by atoms with E-state index in [2.05, 4.69) is 12.2 Å². The first-order valence-electron chi connectivity index (χ1n) is 7.98. The number of thioether (sulfide) groups is 1. The van der Waals surface area contributed by atoms with E-state index in [9.17, 15) is 8.78 Å². The molecule has 1 N–H and O–H groups in total. The van der Waals surface area contributed by atoms with Crippen LogP contribution in [0, 0.1) is 11.6 Å². The minimum atomic E-state index is -0.357. The summed E-state index contributed by atoms with van der Waals surface area (Å²) in [5, 5.41) is 4.24. The maximum absolute atomic E-state index is 13.8. The summed E-state index contributed by atoms with van der Waals surface area (Å²) in [6.45, 7) is 3.05. The molecule has 1 aromatic carbocycles. The summed E-state index contributed by atoms with van der Waals surface area (Å²) in [6.07, 6.45) is 6.89. The highest BCUT2D eigenvalue weighted by Gasteiger charge is 2.19. The first kappa shape index (κ1) is 16.8. The van der Waals surface area contributed by atoms with Gasteiger partial charge in [-0.25, -0.2) is 8.78 Å². The van der Waals surface area contributed by atoms with Gasteiger partial charge in [-0.15, -0.1) is 0 Å². The van der Waals surface area contributed by atoms with Gasteiger partial charge in [0.1, 0.15) is 11.6 Å². The van der Waals surface area contributed by atoms with Crippen LogP contribution in [0.15, 0.2) is 18.2 Å². The van der Waals surface area contributed by atoms with Crippen molar-refractivity contribution in [1.82, 2.24) is 5.32 Å². The molecule has 1 saturated carbocycles. The third-order valence-electron chi connectivity index (χ3n) is 3.99. The van der Waals surface area contributed by atoms with E-state index >= 15 is 0 Å². The zero-order valence-corrected chi connectivity index (χ0v) is 13.5. The molecule has 1 atom stereocenters. The van der Waals surface area contributed by atoms with Gasteiger partial charge in [-0.1, -0.05) is 19.8 Å². The summed E-state index contributed by atoms with van der Waals surface area (Å²) in [7, 11) is 0. The van der Waals surface area contributed by atoms with Crippen molar-refractivity contribution in [2.75, 3.05) is 12.3 Å². The lowest BCUT2D eigenvalue weighted by Crippen LogP contribution is -2.34. The molecule has 0 spiro atoms. The molecule has 0 aliphatic heterocycles. The van der Waals surface area contributed by atoms with Crippen LogP contribution in [0.2, 0.25) is 0 Å². The van der Waals surface area contributed by atoms with E-state index in [4.69, 9.17) is 0 Å². The quantitative estimate of drug-likeness (QED) is 0.755. The molecule has 0 aromatic heterocycles. The highest BCUT2D eigenvalue weighted by atomic mass is 32.2. The predicted molar refractivity (Wildman–Crippen MR) is 86.9 cm³/mol. The molecule has 118 valence electrons. The van der Waals surface area contributed by atoms with Crippen LogP contribution >= 0.6 is 11.8 Å². The van der Waals surface area contributed by atoms with Crippen LogP contribution in [0.3, 0.4) is 0 Å². The Morgan fingerprint density at radius 1 is 1.29 bits per heavy atom. The minimum Gasteiger partial charge on any atom is -0.313 e. The van der Waals surface area contributed by atoms with Gasteiger partial charge in [-0.05, 0) is 56.0 Å². The van der Waals surface area contributed by atoms with Crippen molar-refractivity contribution in [3.8, 4) is 0 Å². The van der Waals surface area contributed by atoms with E-state index in [1.54, 1.807) is 0 Å². The van der Waals surface area contributed by atoms with Crippen molar-refractivity contribution >= 4 is 11.8 Å². The Balaban J connectivity index is 1.92. The van der Waals surface area contributed by atoms with Crippen molar-refractivity contribution in [1.29, 1.82) is 0 Å². The lowest BCUT2D eigenvalue weighted by Gasteiger charge is -2.20. The largest absolute Gasteiger partial charge is 0.313 e. The van der Waals surface area contributed by atoms with Crippen molar-refractivity contribution in [2.24, 2.45) is 0 Å². The Hall–Kier alpha value is -0.610. The van der Waals surface area contributed by atoms with Gasteiger partial charge in [-0.3, -0.25) is 0 Å². The number of rotatable bonds is 8. The molecule has 1 aromatic rings. The molecule has 0 radical (unpaired) electrons. The lowest BCUT2D eigenvalue weighted by atomic mass is 10.1. The van der Waals surface area contributed by atoms with Gasteiger partial charge in [0, 0.05) is 17.0 Å². The summed E-state index contributed by atoms with van der Waals surface area (Å²) in [5.41, 5.74) is 0.482. The topological polar surface area (TPSA) is 12.0 Å². The van der Waals surface area contributed by atoms with Crippen molar-refractivity contribution in [2.45, 2.75) is 56.7 Å². The predicted octanol–water partition coefficient (Wildman–Crippen LogP) is 4.55. The summed E-state index contributed by atoms with van der Waals surface area (Å²) >= 11 is 1.99. The molecular weight excluding hydrogens is 288 g/mol. The van der Waals surface area contributed by atoms with Crippen LogP contribution in [-0.2, 0) is 6.42 Å². The van der Waals surface area contributed by atoms with Gasteiger partial charge in [0.2, 0.25) is 0 Å². The summed E-state index contributed by atoms with van der Waals surface area (Å²) < 4.78 is 27.1. The fraction of sp³-hybridized carbons (Fsp3) is 0.647. The minimum absolute atomic E-state index is 0.215. The van der Waals surface area contributed by atoms with Crippen LogP contribution in [0.4, 0.5) is 8.78 Å². The van der Waals surface area contributed by atoms with Gasteiger partial charge in [0.15, 0.2) is 0 Å². The van der Waals surface area contributed by atoms with E-state index < -0.39 is 0 Å². The zero-order chi connectivity index (χ0) is 15.1. The smallest absolute Gasteiger partial charge is 0.126 e. The summed E-state index contributed by atoms with van der Waals surface area (Å²) in [4.78, 5) is 0. The van der Waals surface area contributed by atoms with Gasteiger partial charge in [0.05, 0.1) is 0 Å². The molecule has 0 bridgehead atoms. The molecule has 0 saturated heterocycles. The Kier molecular flexibility index (Phi) is 6.97. The Labute approximate surface area is 130 Å². The van der Waals surface area contributed by atoms with E-state index in [1.165, 1.54) is 43.9 Å². The van der Waals surface area contributed by atoms with Crippen LogP contribution in [0.25, 0.3) is 0 Å². The lowest BCUT2D eigenvalue weighted by molar-refractivity contribution is 0.524. The summed E-state index contributed by atoms with van der Waals surface area (Å²) in [6, 6.07) is 3.95. The van der Waals surface area contributed by atoms with E-state index in [0.29, 0.717) is 12.0 Å². The SMILES string of the molecule is CCCNC(CSC1CCCC1)Cc1cc(F)ccc1F. The molecule has 4 heteroatoms. The van der Waals surface area contributed by atoms with E-state index in [-0.39, 0.29) is 17.7 Å². The van der Waals surface area contributed by atoms with Crippen molar-refractivity contribution in [3.63, 3.8) is 0 Å². The zero-order valence-electron chi connectivity index (χ0n) is 12.7. The molecule has 0 amide bonds. The average Bonchev–Trinajstić information content (AvgIpc) is 2.99. The molecule has 1 nitrogen and oxygen atoms in total. The van der Waals surface area contributed by atoms with Crippen molar-refractivity contribution < 1.29 is 8.78 Å². The molecule has 21 heavy (non-hydrogen) atoms. The first-order chi connectivity index (χ1) is 10.2. The Bertz CT molecular complexity index is 433. The fourth-order valence-corrected chi connectivity index (χ4v) is 4.22. The molecular formula is C17H25F2NS. The number of hydrogen-bond acceptors (Lipinski definition) is 2. The maximum Gasteiger partial charge on any atom is 0.126 e. The molecule has 1 aliphatic rings. The first-order valence-corrected chi connectivity index (χ1v) is 9.03. The third-order valence-corrected chi connectivity index (χ3v) is 5.53. The van der Waals surface area contributed by atoms with E-state index in [0.717, 1.165) is 24.0 Å². The van der Waals surface area contributed by atoms with Gasteiger partial charge < -0.3 is 5.32 Å². The van der Waals surface area contributed by atoms with Crippen LogP contribution in [0.1, 0.15) is 44.6 Å². The van der Waals surface area contributed by atoms with E-state index in [1.807, 2.05) is 11.8 Å². The highest BCUT2D eigenvalue weighted by Crippen LogP contribution is 2.30. The Morgan fingerprint density at radius 3 is 2.76 bits per heavy atom. The van der Waals surface area contributed by atoms with Crippen LogP contribution in [0.5, 0.6) is 0 Å². The second-order valence-electron chi connectivity index (χ2n) is 5.83.